The predicted molar refractivity (Wildman–Crippen MR) is 124 cm³/mol. The molecule has 0 saturated carbocycles. The van der Waals surface area contributed by atoms with Crippen molar-refractivity contribution in [3.63, 3.8) is 0 Å². The van der Waals surface area contributed by atoms with Crippen molar-refractivity contribution >= 4 is 33.3 Å². The fraction of sp³-hybridized carbons (Fsp3) is 0.208. The number of benzene rings is 3. The lowest BCUT2D eigenvalue weighted by Gasteiger charge is -2.36. The lowest BCUT2D eigenvalue weighted by Crippen LogP contribution is -2.43. The fourth-order valence-electron chi connectivity index (χ4n) is 3.87. The average Bonchev–Trinajstić information content (AvgIpc) is 2.83. The van der Waals surface area contributed by atoms with Crippen LogP contribution >= 0.6 is 11.6 Å². The highest BCUT2D eigenvalue weighted by atomic mass is 35.5. The second-order valence-corrected chi connectivity index (χ2v) is 10.4. The van der Waals surface area contributed by atoms with Crippen molar-refractivity contribution in [2.45, 2.75) is 30.0 Å². The lowest BCUT2D eigenvalue weighted by molar-refractivity contribution is -0.138. The Morgan fingerprint density at radius 2 is 1.84 bits per heavy atom. The van der Waals surface area contributed by atoms with Crippen LogP contribution < -0.4 is 9.04 Å². The quantitative estimate of drug-likeness (QED) is 0.289. The van der Waals surface area contributed by atoms with Crippen molar-refractivity contribution in [3.8, 4) is 16.9 Å². The number of hydrogen-bond acceptors (Lipinski definition) is 4. The third-order valence-corrected chi connectivity index (χ3v) is 7.78. The van der Waals surface area contributed by atoms with Crippen molar-refractivity contribution in [2.75, 3.05) is 10.8 Å². The van der Waals surface area contributed by atoms with Crippen LogP contribution in [-0.2, 0) is 21.0 Å². The van der Waals surface area contributed by atoms with Crippen molar-refractivity contribution in [1.29, 1.82) is 0 Å². The highest BCUT2D eigenvalue weighted by Gasteiger charge is 2.37. The molecule has 0 aromatic heterocycles. The van der Waals surface area contributed by atoms with Crippen LogP contribution in [0.15, 0.2) is 59.5 Å². The molecule has 1 aliphatic rings. The first-order valence-corrected chi connectivity index (χ1v) is 12.5. The van der Waals surface area contributed by atoms with Gasteiger partial charge in [0.15, 0.2) is 0 Å². The maximum atomic E-state index is 14.0. The van der Waals surface area contributed by atoms with Crippen LogP contribution in [-0.4, -0.2) is 32.1 Å². The zero-order valence-corrected chi connectivity index (χ0v) is 20.2. The predicted octanol–water partition coefficient (Wildman–Crippen LogP) is 6.13. The van der Waals surface area contributed by atoms with E-state index >= 15 is 0 Å². The summed E-state index contributed by atoms with van der Waals surface area (Å²) in [4.78, 5) is 10.4. The van der Waals surface area contributed by atoms with Gasteiger partial charge in [-0.2, -0.15) is 13.2 Å². The standard InChI is InChI=1S/C24H17ClF5NO5S/c25-23-18(10-15(26)11-19(23)27)13-4-6-21-20(8-13)31(12-16(36-21)5-7-22(32)33)37(34,35)17-3-1-2-14(9-17)24(28,29)30/h1-4,6,8-11,16H,5,7,12H2,(H,32,33)/t16-/m0/s1. The van der Waals surface area contributed by atoms with Crippen molar-refractivity contribution < 1.29 is 45.0 Å². The van der Waals surface area contributed by atoms with Gasteiger partial charge in [0.25, 0.3) is 10.0 Å². The minimum Gasteiger partial charge on any atom is -0.486 e. The number of ether oxygens (including phenoxy) is 1. The number of anilines is 1. The molecule has 0 saturated heterocycles. The van der Waals surface area contributed by atoms with Crippen LogP contribution in [0.4, 0.5) is 27.6 Å². The Labute approximate surface area is 212 Å². The Kier molecular flexibility index (Phi) is 7.08. The van der Waals surface area contributed by atoms with Crippen molar-refractivity contribution in [2.24, 2.45) is 0 Å². The third-order valence-electron chi connectivity index (χ3n) is 5.62. The molecule has 3 aromatic rings. The van der Waals surface area contributed by atoms with E-state index in [1.54, 1.807) is 0 Å². The molecule has 1 atom stereocenters. The maximum Gasteiger partial charge on any atom is 0.416 e. The molecule has 196 valence electrons. The minimum absolute atomic E-state index is 0.0195. The van der Waals surface area contributed by atoms with Crippen molar-refractivity contribution in [1.82, 2.24) is 0 Å². The van der Waals surface area contributed by atoms with Crippen LogP contribution in [0.5, 0.6) is 5.75 Å². The van der Waals surface area contributed by atoms with E-state index in [-0.39, 0.29) is 35.4 Å². The number of hydrogen-bond donors (Lipinski definition) is 1. The normalized spacial score (nSPS) is 15.7. The summed E-state index contributed by atoms with van der Waals surface area (Å²) < 4.78 is 101. The molecule has 1 aliphatic heterocycles. The Hall–Kier alpha value is -3.38. The molecule has 13 heteroatoms. The number of rotatable bonds is 6. The smallest absolute Gasteiger partial charge is 0.416 e. The maximum absolute atomic E-state index is 14.0. The highest BCUT2D eigenvalue weighted by molar-refractivity contribution is 7.92. The first-order valence-electron chi connectivity index (χ1n) is 10.6. The van der Waals surface area contributed by atoms with Gasteiger partial charge in [0.1, 0.15) is 23.5 Å². The molecular formula is C24H17ClF5NO5S. The molecule has 3 aromatic carbocycles. The van der Waals surface area contributed by atoms with Gasteiger partial charge in [-0.05, 0) is 48.4 Å². The van der Waals surface area contributed by atoms with Gasteiger partial charge in [-0.25, -0.2) is 17.2 Å². The van der Waals surface area contributed by atoms with Gasteiger partial charge < -0.3 is 9.84 Å². The Bertz CT molecular complexity index is 1480. The Morgan fingerprint density at radius 3 is 2.51 bits per heavy atom. The summed E-state index contributed by atoms with van der Waals surface area (Å²) in [5.74, 6) is -3.16. The fourth-order valence-corrected chi connectivity index (χ4v) is 5.63. The molecule has 0 unspecified atom stereocenters. The zero-order valence-electron chi connectivity index (χ0n) is 18.6. The number of carboxylic acid groups (broad SMARTS) is 1. The van der Waals surface area contributed by atoms with Gasteiger partial charge in [-0.1, -0.05) is 23.7 Å². The number of nitrogens with zero attached hydrogens (tertiary/aromatic N) is 1. The van der Waals surface area contributed by atoms with E-state index < -0.39 is 61.9 Å². The minimum atomic E-state index is -4.80. The SMILES string of the molecule is O=C(O)CC[C@H]1CN(S(=O)(=O)c2cccc(C(F)(F)F)c2)c2cc(-c3cc(F)cc(F)c3Cl)ccc2O1. The molecule has 4 rings (SSSR count). The zero-order chi connectivity index (χ0) is 27.1. The lowest BCUT2D eigenvalue weighted by atomic mass is 10.0. The second kappa shape index (κ2) is 9.82. The largest absolute Gasteiger partial charge is 0.486 e. The van der Waals surface area contributed by atoms with Gasteiger partial charge in [0.05, 0.1) is 27.7 Å². The first kappa shape index (κ1) is 26.7. The van der Waals surface area contributed by atoms with Crippen LogP contribution in [0.1, 0.15) is 18.4 Å². The number of aliphatic carboxylic acids is 1. The number of carbonyl (C=O) groups is 1. The van der Waals surface area contributed by atoms with Crippen LogP contribution in [0.3, 0.4) is 0 Å². The molecule has 0 amide bonds. The molecular weight excluding hydrogens is 545 g/mol. The van der Waals surface area contributed by atoms with E-state index in [2.05, 4.69) is 0 Å². The molecule has 1 heterocycles. The third kappa shape index (κ3) is 5.49. The van der Waals surface area contributed by atoms with Gasteiger partial charge in [0.2, 0.25) is 0 Å². The summed E-state index contributed by atoms with van der Waals surface area (Å²) in [7, 11) is -4.63. The summed E-state index contributed by atoms with van der Waals surface area (Å²) in [6.45, 7) is -0.423. The number of fused-ring (bicyclic) bond motifs is 1. The molecule has 1 N–H and O–H groups in total. The summed E-state index contributed by atoms with van der Waals surface area (Å²) >= 11 is 5.99. The van der Waals surface area contributed by atoms with Crippen LogP contribution in [0.25, 0.3) is 11.1 Å². The van der Waals surface area contributed by atoms with Crippen molar-refractivity contribution in [3.05, 3.63) is 76.8 Å². The summed E-state index contributed by atoms with van der Waals surface area (Å²) in [5.41, 5.74) is -1.28. The van der Waals surface area contributed by atoms with Gasteiger partial charge >= 0.3 is 12.1 Å². The van der Waals surface area contributed by atoms with Crippen LogP contribution in [0, 0.1) is 11.6 Å². The van der Waals surface area contributed by atoms with E-state index in [1.807, 2.05) is 0 Å². The van der Waals surface area contributed by atoms with E-state index in [0.29, 0.717) is 12.1 Å². The van der Waals surface area contributed by atoms with E-state index in [4.69, 9.17) is 21.4 Å². The van der Waals surface area contributed by atoms with Crippen LogP contribution in [0.2, 0.25) is 5.02 Å². The molecule has 0 fully saturated rings. The van der Waals surface area contributed by atoms with Gasteiger partial charge in [-0.15, -0.1) is 0 Å². The molecule has 6 nitrogen and oxygen atoms in total. The molecule has 0 aliphatic carbocycles. The second-order valence-electron chi connectivity index (χ2n) is 8.17. The molecule has 0 radical (unpaired) electrons. The van der Waals surface area contributed by atoms with Gasteiger partial charge in [0, 0.05) is 18.1 Å². The summed E-state index contributed by atoms with van der Waals surface area (Å²) in [6, 6.07) is 8.58. The highest BCUT2D eigenvalue weighted by Crippen LogP contribution is 2.42. The number of carboxylic acids is 1. The summed E-state index contributed by atoms with van der Waals surface area (Å²) in [5, 5.41) is 8.59. The average molecular weight is 562 g/mol. The molecule has 0 spiro atoms. The summed E-state index contributed by atoms with van der Waals surface area (Å²) in [6.07, 6.45) is -6.19. The number of alkyl halides is 3. The Balaban J connectivity index is 1.85. The monoisotopic (exact) mass is 561 g/mol. The number of halogens is 6. The first-order chi connectivity index (χ1) is 17.3. The van der Waals surface area contributed by atoms with Gasteiger partial charge in [-0.3, -0.25) is 9.10 Å². The molecule has 0 bridgehead atoms. The topological polar surface area (TPSA) is 83.9 Å². The van der Waals surface area contributed by atoms with E-state index in [0.717, 1.165) is 28.6 Å². The Morgan fingerprint density at radius 1 is 1.11 bits per heavy atom. The number of sulfonamides is 1. The molecule has 37 heavy (non-hydrogen) atoms. The van der Waals surface area contributed by atoms with E-state index in [9.17, 15) is 35.2 Å². The van der Waals surface area contributed by atoms with E-state index in [1.165, 1.54) is 18.2 Å².